The summed E-state index contributed by atoms with van der Waals surface area (Å²) in [5, 5.41) is 7.74. The second kappa shape index (κ2) is 8.70. The monoisotopic (exact) mass is 393 g/mol. The number of hydrogen-bond donors (Lipinski definition) is 2. The van der Waals surface area contributed by atoms with Crippen molar-refractivity contribution in [3.05, 3.63) is 63.6 Å². The minimum Gasteiger partial charge on any atom is -0.374 e. The van der Waals surface area contributed by atoms with Gasteiger partial charge in [-0.2, -0.15) is 5.10 Å². The van der Waals surface area contributed by atoms with Crippen molar-refractivity contribution in [2.45, 2.75) is 19.4 Å². The van der Waals surface area contributed by atoms with Crippen molar-refractivity contribution < 1.29 is 4.79 Å². The van der Waals surface area contributed by atoms with Gasteiger partial charge in [0, 0.05) is 20.7 Å². The first-order valence-corrected chi connectivity index (χ1v) is 8.36. The Hall–Kier alpha value is -1.85. The van der Waals surface area contributed by atoms with Gasteiger partial charge in [-0.05, 0) is 36.8 Å². The van der Waals surface area contributed by atoms with E-state index in [0.717, 1.165) is 15.7 Å². The van der Waals surface area contributed by atoms with Crippen LogP contribution in [0.5, 0.6) is 0 Å². The highest BCUT2D eigenvalue weighted by atomic mass is 79.9. The number of rotatable bonds is 6. The number of halogens is 2. The standard InChI is InChI=1S/C17H17BrClN3O/c1-2-16(21-14-9-7-13(18)8-10-14)17(23)22-20-11-12-5-3-4-6-15(12)19/h3-11,16,21H,2H2,1H3,(H,22,23)/b20-11-/t16-/m1/s1. The Labute approximate surface area is 149 Å². The summed E-state index contributed by atoms with van der Waals surface area (Å²) >= 11 is 9.41. The lowest BCUT2D eigenvalue weighted by Crippen LogP contribution is -2.36. The fourth-order valence-corrected chi connectivity index (χ4v) is 2.37. The van der Waals surface area contributed by atoms with E-state index >= 15 is 0 Å². The van der Waals surface area contributed by atoms with Crippen molar-refractivity contribution in [1.29, 1.82) is 0 Å². The minimum absolute atomic E-state index is 0.196. The second-order valence-electron chi connectivity index (χ2n) is 4.87. The Morgan fingerprint density at radius 2 is 1.96 bits per heavy atom. The van der Waals surface area contributed by atoms with E-state index in [1.807, 2.05) is 49.4 Å². The highest BCUT2D eigenvalue weighted by Gasteiger charge is 2.15. The molecule has 0 bridgehead atoms. The largest absolute Gasteiger partial charge is 0.374 e. The first kappa shape index (κ1) is 17.5. The lowest BCUT2D eigenvalue weighted by atomic mass is 10.2. The van der Waals surface area contributed by atoms with Crippen LogP contribution in [0.2, 0.25) is 5.02 Å². The number of nitrogens with one attached hydrogen (secondary N) is 2. The Kier molecular flexibility index (Phi) is 6.62. The highest BCUT2D eigenvalue weighted by molar-refractivity contribution is 9.10. The molecule has 0 aliphatic heterocycles. The van der Waals surface area contributed by atoms with Crippen molar-refractivity contribution >= 4 is 45.3 Å². The zero-order chi connectivity index (χ0) is 16.7. The van der Waals surface area contributed by atoms with Gasteiger partial charge >= 0.3 is 0 Å². The summed E-state index contributed by atoms with van der Waals surface area (Å²) in [7, 11) is 0. The molecule has 120 valence electrons. The molecular weight excluding hydrogens is 378 g/mol. The molecule has 0 saturated heterocycles. The lowest BCUT2D eigenvalue weighted by Gasteiger charge is -2.16. The second-order valence-corrected chi connectivity index (χ2v) is 6.19. The molecule has 4 nitrogen and oxygen atoms in total. The molecule has 0 saturated carbocycles. The van der Waals surface area contributed by atoms with Crippen molar-refractivity contribution in [3.8, 4) is 0 Å². The average molecular weight is 395 g/mol. The lowest BCUT2D eigenvalue weighted by molar-refractivity contribution is -0.121. The Morgan fingerprint density at radius 1 is 1.26 bits per heavy atom. The Bertz CT molecular complexity index is 688. The van der Waals surface area contributed by atoms with Gasteiger partial charge in [-0.15, -0.1) is 0 Å². The molecule has 0 fully saturated rings. The Balaban J connectivity index is 1.95. The van der Waals surface area contributed by atoms with Crippen LogP contribution < -0.4 is 10.7 Å². The molecular formula is C17H17BrClN3O. The topological polar surface area (TPSA) is 53.5 Å². The van der Waals surface area contributed by atoms with E-state index in [1.165, 1.54) is 6.21 Å². The molecule has 6 heteroatoms. The van der Waals surface area contributed by atoms with Crippen LogP contribution in [-0.2, 0) is 4.79 Å². The van der Waals surface area contributed by atoms with E-state index in [1.54, 1.807) is 6.07 Å². The van der Waals surface area contributed by atoms with Crippen LogP contribution in [-0.4, -0.2) is 18.2 Å². The molecule has 0 radical (unpaired) electrons. The van der Waals surface area contributed by atoms with Crippen LogP contribution >= 0.6 is 27.5 Å². The summed E-state index contributed by atoms with van der Waals surface area (Å²) in [5.74, 6) is -0.196. The quantitative estimate of drug-likeness (QED) is 0.562. The smallest absolute Gasteiger partial charge is 0.262 e. The summed E-state index contributed by atoms with van der Waals surface area (Å²) in [6.07, 6.45) is 2.18. The van der Waals surface area contributed by atoms with Gasteiger partial charge < -0.3 is 5.32 Å². The maximum Gasteiger partial charge on any atom is 0.262 e. The maximum absolute atomic E-state index is 12.2. The Morgan fingerprint density at radius 3 is 2.61 bits per heavy atom. The van der Waals surface area contributed by atoms with Crippen molar-refractivity contribution in [2.24, 2.45) is 5.10 Å². The molecule has 0 aliphatic carbocycles. The van der Waals surface area contributed by atoms with Crippen LogP contribution in [0.25, 0.3) is 0 Å². The van der Waals surface area contributed by atoms with Crippen molar-refractivity contribution in [1.82, 2.24) is 5.43 Å². The number of anilines is 1. The zero-order valence-electron chi connectivity index (χ0n) is 12.6. The number of amides is 1. The van der Waals surface area contributed by atoms with Gasteiger partial charge in [0.2, 0.25) is 0 Å². The first-order valence-electron chi connectivity index (χ1n) is 7.19. The van der Waals surface area contributed by atoms with E-state index in [4.69, 9.17) is 11.6 Å². The first-order chi connectivity index (χ1) is 11.1. The zero-order valence-corrected chi connectivity index (χ0v) is 14.9. The van der Waals surface area contributed by atoms with Gasteiger partial charge in [0.25, 0.3) is 5.91 Å². The summed E-state index contributed by atoms with van der Waals surface area (Å²) in [4.78, 5) is 12.2. The number of carbonyl (C=O) groups excluding carboxylic acids is 1. The molecule has 1 amide bonds. The van der Waals surface area contributed by atoms with E-state index in [9.17, 15) is 4.79 Å². The van der Waals surface area contributed by atoms with E-state index in [0.29, 0.717) is 11.4 Å². The predicted molar refractivity (Wildman–Crippen MR) is 99.0 cm³/mol. The number of nitrogens with zero attached hydrogens (tertiary/aromatic N) is 1. The van der Waals surface area contributed by atoms with Gasteiger partial charge in [0.05, 0.1) is 6.21 Å². The molecule has 1 atom stereocenters. The molecule has 2 aromatic rings. The number of benzene rings is 2. The molecule has 0 spiro atoms. The molecule has 2 aromatic carbocycles. The van der Waals surface area contributed by atoms with E-state index in [2.05, 4.69) is 31.8 Å². The van der Waals surface area contributed by atoms with Gasteiger partial charge in [-0.1, -0.05) is 52.7 Å². The molecule has 0 aromatic heterocycles. The third-order valence-corrected chi connectivity index (χ3v) is 4.07. The molecule has 23 heavy (non-hydrogen) atoms. The summed E-state index contributed by atoms with van der Waals surface area (Å²) < 4.78 is 0.991. The highest BCUT2D eigenvalue weighted by Crippen LogP contribution is 2.16. The number of hydrogen-bond acceptors (Lipinski definition) is 3. The summed E-state index contributed by atoms with van der Waals surface area (Å²) in [6.45, 7) is 1.94. The van der Waals surface area contributed by atoms with Gasteiger partial charge in [0.15, 0.2) is 0 Å². The van der Waals surface area contributed by atoms with Gasteiger partial charge in [-0.3, -0.25) is 4.79 Å². The van der Waals surface area contributed by atoms with Crippen molar-refractivity contribution in [2.75, 3.05) is 5.32 Å². The molecule has 0 aliphatic rings. The summed E-state index contributed by atoms with van der Waals surface area (Å²) in [6, 6.07) is 14.6. The minimum atomic E-state index is -0.362. The van der Waals surface area contributed by atoms with Crippen molar-refractivity contribution in [3.63, 3.8) is 0 Å². The maximum atomic E-state index is 12.2. The number of carbonyl (C=O) groups is 1. The predicted octanol–water partition coefficient (Wildman–Crippen LogP) is 4.44. The molecule has 2 rings (SSSR count). The fraction of sp³-hybridized carbons (Fsp3) is 0.176. The van der Waals surface area contributed by atoms with Crippen LogP contribution in [0.15, 0.2) is 58.1 Å². The van der Waals surface area contributed by atoms with Gasteiger partial charge in [-0.25, -0.2) is 5.43 Å². The van der Waals surface area contributed by atoms with Gasteiger partial charge in [0.1, 0.15) is 6.04 Å². The third-order valence-electron chi connectivity index (χ3n) is 3.19. The van der Waals surface area contributed by atoms with Crippen LogP contribution in [0.4, 0.5) is 5.69 Å². The molecule has 2 N–H and O–H groups in total. The van der Waals surface area contributed by atoms with Crippen LogP contribution in [0.3, 0.4) is 0 Å². The summed E-state index contributed by atoms with van der Waals surface area (Å²) in [5.41, 5.74) is 4.17. The van der Waals surface area contributed by atoms with Crippen LogP contribution in [0.1, 0.15) is 18.9 Å². The van der Waals surface area contributed by atoms with Crippen LogP contribution in [0, 0.1) is 0 Å². The third kappa shape index (κ3) is 5.37. The fourth-order valence-electron chi connectivity index (χ4n) is 1.92. The number of hydrazone groups is 1. The average Bonchev–Trinajstić information content (AvgIpc) is 2.56. The normalized spacial score (nSPS) is 12.1. The van der Waals surface area contributed by atoms with E-state index in [-0.39, 0.29) is 11.9 Å². The molecule has 0 heterocycles. The van der Waals surface area contributed by atoms with E-state index < -0.39 is 0 Å². The molecule has 0 unspecified atom stereocenters. The SMILES string of the molecule is CC[C@@H](Nc1ccc(Br)cc1)C(=O)N/N=C\c1ccccc1Cl.